The highest BCUT2D eigenvalue weighted by molar-refractivity contribution is 5.95. The van der Waals surface area contributed by atoms with Crippen LogP contribution in [0.5, 0.6) is 5.75 Å². The molecule has 0 saturated heterocycles. The van der Waals surface area contributed by atoms with Gasteiger partial charge >= 0.3 is 0 Å². The Hall–Kier alpha value is -2.08. The second kappa shape index (κ2) is 7.08. The number of amides is 2. The van der Waals surface area contributed by atoms with Crippen LogP contribution in [0, 0.1) is 0 Å². The molecule has 0 aliphatic carbocycles. The summed E-state index contributed by atoms with van der Waals surface area (Å²) in [5, 5.41) is 5.36. The van der Waals surface area contributed by atoms with Gasteiger partial charge in [-0.05, 0) is 39.0 Å². The highest BCUT2D eigenvalue weighted by Crippen LogP contribution is 2.27. The molecule has 0 aliphatic rings. The van der Waals surface area contributed by atoms with Crippen LogP contribution in [0.4, 0.5) is 11.4 Å². The first-order valence-electron chi connectivity index (χ1n) is 6.61. The van der Waals surface area contributed by atoms with Crippen LogP contribution in [-0.2, 0) is 14.3 Å². The summed E-state index contributed by atoms with van der Waals surface area (Å²) >= 11 is 0. The normalized spacial score (nSPS) is 10.9. The SMILES string of the molecule is COc1ccc(NC(C)=O)cc1NC(=O)COC(C)(C)C. The van der Waals surface area contributed by atoms with Crippen LogP contribution < -0.4 is 15.4 Å². The van der Waals surface area contributed by atoms with E-state index in [-0.39, 0.29) is 24.0 Å². The third-order valence-corrected chi connectivity index (χ3v) is 2.43. The minimum Gasteiger partial charge on any atom is -0.495 e. The molecule has 1 aromatic carbocycles. The number of carbonyl (C=O) groups excluding carboxylic acids is 2. The maximum Gasteiger partial charge on any atom is 0.250 e. The molecule has 6 nitrogen and oxygen atoms in total. The molecule has 116 valence electrons. The third kappa shape index (κ3) is 6.27. The van der Waals surface area contributed by atoms with Crippen molar-refractivity contribution in [2.24, 2.45) is 0 Å². The Morgan fingerprint density at radius 2 is 1.86 bits per heavy atom. The van der Waals surface area contributed by atoms with Crippen LogP contribution >= 0.6 is 0 Å². The fraction of sp³-hybridized carbons (Fsp3) is 0.467. The van der Waals surface area contributed by atoms with E-state index < -0.39 is 0 Å². The summed E-state index contributed by atoms with van der Waals surface area (Å²) in [4.78, 5) is 22.9. The molecule has 1 aromatic rings. The zero-order chi connectivity index (χ0) is 16.0. The first-order valence-corrected chi connectivity index (χ1v) is 6.61. The van der Waals surface area contributed by atoms with Crippen LogP contribution in [0.25, 0.3) is 0 Å². The van der Waals surface area contributed by atoms with Gasteiger partial charge < -0.3 is 20.1 Å². The summed E-state index contributed by atoms with van der Waals surface area (Å²) in [6.45, 7) is 6.98. The van der Waals surface area contributed by atoms with Gasteiger partial charge in [0.25, 0.3) is 0 Å². The van der Waals surface area contributed by atoms with Crippen molar-refractivity contribution >= 4 is 23.2 Å². The number of hydrogen-bond donors (Lipinski definition) is 2. The molecule has 0 fully saturated rings. The number of benzene rings is 1. The van der Waals surface area contributed by atoms with Crippen molar-refractivity contribution in [3.05, 3.63) is 18.2 Å². The Morgan fingerprint density at radius 1 is 1.19 bits per heavy atom. The monoisotopic (exact) mass is 294 g/mol. The van der Waals surface area contributed by atoms with Gasteiger partial charge in [-0.2, -0.15) is 0 Å². The van der Waals surface area contributed by atoms with Gasteiger partial charge in [0.05, 0.1) is 18.4 Å². The zero-order valence-corrected chi connectivity index (χ0v) is 13.1. The topological polar surface area (TPSA) is 76.7 Å². The van der Waals surface area contributed by atoms with Crippen LogP contribution in [0.2, 0.25) is 0 Å². The van der Waals surface area contributed by atoms with Gasteiger partial charge in [0.15, 0.2) is 0 Å². The number of rotatable bonds is 5. The zero-order valence-electron chi connectivity index (χ0n) is 13.1. The molecule has 0 aromatic heterocycles. The van der Waals surface area contributed by atoms with Crippen LogP contribution in [-0.4, -0.2) is 31.1 Å². The number of ether oxygens (including phenoxy) is 2. The van der Waals surface area contributed by atoms with Crippen molar-refractivity contribution in [1.29, 1.82) is 0 Å². The van der Waals surface area contributed by atoms with Gasteiger partial charge in [-0.1, -0.05) is 0 Å². The predicted molar refractivity (Wildman–Crippen MR) is 81.6 cm³/mol. The van der Waals surface area contributed by atoms with Crippen LogP contribution in [0.1, 0.15) is 27.7 Å². The van der Waals surface area contributed by atoms with Gasteiger partial charge in [-0.25, -0.2) is 0 Å². The average molecular weight is 294 g/mol. The highest BCUT2D eigenvalue weighted by Gasteiger charge is 2.14. The van der Waals surface area contributed by atoms with Gasteiger partial charge in [-0.15, -0.1) is 0 Å². The number of methoxy groups -OCH3 is 1. The number of anilines is 2. The Kier molecular flexibility index (Phi) is 5.72. The molecule has 0 unspecified atom stereocenters. The molecule has 0 saturated carbocycles. The largest absolute Gasteiger partial charge is 0.495 e. The Bertz CT molecular complexity index is 521. The van der Waals surface area contributed by atoms with Crippen molar-refractivity contribution in [2.45, 2.75) is 33.3 Å². The van der Waals surface area contributed by atoms with Crippen molar-refractivity contribution in [2.75, 3.05) is 24.4 Å². The molecule has 0 aliphatic heterocycles. The van der Waals surface area contributed by atoms with Crippen molar-refractivity contribution < 1.29 is 19.1 Å². The minimum atomic E-state index is -0.389. The summed E-state index contributed by atoms with van der Waals surface area (Å²) in [5.41, 5.74) is 0.668. The standard InChI is InChI=1S/C15H22N2O4/c1-10(18)16-11-6-7-13(20-5)12(8-11)17-14(19)9-21-15(2,3)4/h6-8H,9H2,1-5H3,(H,16,18)(H,17,19). The number of carbonyl (C=O) groups is 2. The van der Waals surface area contributed by atoms with Gasteiger partial charge in [0, 0.05) is 12.6 Å². The summed E-state index contributed by atoms with van der Waals surface area (Å²) < 4.78 is 10.6. The maximum atomic E-state index is 11.9. The van der Waals surface area contributed by atoms with E-state index in [1.54, 1.807) is 18.2 Å². The smallest absolute Gasteiger partial charge is 0.250 e. The van der Waals surface area contributed by atoms with Crippen molar-refractivity contribution in [1.82, 2.24) is 0 Å². The van der Waals surface area contributed by atoms with E-state index in [4.69, 9.17) is 9.47 Å². The highest BCUT2D eigenvalue weighted by atomic mass is 16.5. The second-order valence-electron chi connectivity index (χ2n) is 5.55. The molecule has 2 amide bonds. The van der Waals surface area contributed by atoms with Crippen molar-refractivity contribution in [3.8, 4) is 5.75 Å². The van der Waals surface area contributed by atoms with Crippen LogP contribution in [0.3, 0.4) is 0 Å². The van der Waals surface area contributed by atoms with E-state index in [0.717, 1.165) is 0 Å². The molecule has 0 heterocycles. The Labute approximate surface area is 124 Å². The van der Waals surface area contributed by atoms with Gasteiger partial charge in [-0.3, -0.25) is 9.59 Å². The van der Waals surface area contributed by atoms with Crippen molar-refractivity contribution in [3.63, 3.8) is 0 Å². The summed E-state index contributed by atoms with van der Waals surface area (Å²) in [6.07, 6.45) is 0. The fourth-order valence-electron chi connectivity index (χ4n) is 1.56. The number of hydrogen-bond acceptors (Lipinski definition) is 4. The van der Waals surface area contributed by atoms with E-state index in [2.05, 4.69) is 10.6 Å². The number of nitrogens with one attached hydrogen (secondary N) is 2. The van der Waals surface area contributed by atoms with E-state index in [9.17, 15) is 9.59 Å². The minimum absolute atomic E-state index is 0.0585. The van der Waals surface area contributed by atoms with E-state index in [0.29, 0.717) is 17.1 Å². The quantitative estimate of drug-likeness (QED) is 0.874. The van der Waals surface area contributed by atoms with Gasteiger partial charge in [0.2, 0.25) is 11.8 Å². The Balaban J connectivity index is 2.79. The van der Waals surface area contributed by atoms with E-state index in [1.807, 2.05) is 20.8 Å². The van der Waals surface area contributed by atoms with E-state index in [1.165, 1.54) is 14.0 Å². The first kappa shape index (κ1) is 17.0. The molecule has 0 atom stereocenters. The Morgan fingerprint density at radius 3 is 2.38 bits per heavy atom. The lowest BCUT2D eigenvalue weighted by Gasteiger charge is -2.19. The average Bonchev–Trinajstić information content (AvgIpc) is 2.35. The summed E-state index contributed by atoms with van der Waals surface area (Å²) in [5.74, 6) is 0.0323. The molecule has 2 N–H and O–H groups in total. The molecule has 6 heteroatoms. The third-order valence-electron chi connectivity index (χ3n) is 2.43. The first-order chi connectivity index (χ1) is 9.71. The fourth-order valence-corrected chi connectivity index (χ4v) is 1.56. The second-order valence-corrected chi connectivity index (χ2v) is 5.55. The molecule has 1 rings (SSSR count). The molecule has 0 bridgehead atoms. The molecular weight excluding hydrogens is 272 g/mol. The lowest BCUT2D eigenvalue weighted by molar-refractivity contribution is -0.125. The maximum absolute atomic E-state index is 11.9. The molecule has 0 radical (unpaired) electrons. The van der Waals surface area contributed by atoms with Crippen LogP contribution in [0.15, 0.2) is 18.2 Å². The lowest BCUT2D eigenvalue weighted by Crippen LogP contribution is -2.27. The molecule has 21 heavy (non-hydrogen) atoms. The molecular formula is C15H22N2O4. The molecule has 0 spiro atoms. The van der Waals surface area contributed by atoms with E-state index >= 15 is 0 Å². The summed E-state index contributed by atoms with van der Waals surface area (Å²) in [6, 6.07) is 5.00. The lowest BCUT2D eigenvalue weighted by atomic mass is 10.2. The predicted octanol–water partition coefficient (Wildman–Crippen LogP) is 2.41. The summed E-state index contributed by atoms with van der Waals surface area (Å²) in [7, 11) is 1.51. The van der Waals surface area contributed by atoms with Gasteiger partial charge in [0.1, 0.15) is 12.4 Å².